The minimum absolute atomic E-state index is 0.138. The molecule has 2 nitrogen and oxygen atoms in total. The van der Waals surface area contributed by atoms with Crippen molar-refractivity contribution in [2.75, 3.05) is 5.32 Å². The van der Waals surface area contributed by atoms with Crippen molar-refractivity contribution in [1.82, 2.24) is 0 Å². The topological polar surface area (TPSA) is 29.1 Å². The summed E-state index contributed by atoms with van der Waals surface area (Å²) in [5.41, 5.74) is 3.45. The number of anilines is 1. The first kappa shape index (κ1) is 14.3. The van der Waals surface area contributed by atoms with E-state index < -0.39 is 0 Å². The third-order valence-corrected chi connectivity index (χ3v) is 4.57. The molecule has 98 valence electrons. The van der Waals surface area contributed by atoms with Gasteiger partial charge in [-0.1, -0.05) is 29.8 Å². The zero-order valence-electron chi connectivity index (χ0n) is 10.6. The van der Waals surface area contributed by atoms with Crippen molar-refractivity contribution in [2.45, 2.75) is 13.8 Å². The summed E-state index contributed by atoms with van der Waals surface area (Å²) in [6.07, 6.45) is 0. The summed E-state index contributed by atoms with van der Waals surface area (Å²) in [5, 5.41) is 3.40. The second kappa shape index (κ2) is 5.92. The van der Waals surface area contributed by atoms with Crippen molar-refractivity contribution in [3.8, 4) is 0 Å². The Bertz CT molecular complexity index is 640. The number of hydrogen-bond donors (Lipinski definition) is 1. The first-order valence-corrected chi connectivity index (χ1v) is 7.27. The second-order valence-corrected chi connectivity index (χ2v) is 5.86. The highest BCUT2D eigenvalue weighted by Crippen LogP contribution is 2.24. The van der Waals surface area contributed by atoms with E-state index in [1.807, 2.05) is 44.2 Å². The van der Waals surface area contributed by atoms with Crippen LogP contribution in [0, 0.1) is 17.4 Å². The number of benzene rings is 2. The number of amides is 1. The average Bonchev–Trinajstić information content (AvgIpc) is 2.37. The first-order chi connectivity index (χ1) is 8.99. The molecule has 2 aromatic rings. The third kappa shape index (κ3) is 3.28. The number of hydrogen-bond acceptors (Lipinski definition) is 1. The second-order valence-electron chi connectivity index (χ2n) is 4.37. The molecule has 0 saturated heterocycles. The Balaban J connectivity index is 2.31. The number of carbonyl (C=O) groups excluding carboxylic acids is 1. The van der Waals surface area contributed by atoms with E-state index in [1.165, 1.54) is 0 Å². The summed E-state index contributed by atoms with van der Waals surface area (Å²) in [7, 11) is 0. The van der Waals surface area contributed by atoms with Crippen molar-refractivity contribution in [1.29, 1.82) is 0 Å². The molecule has 0 radical (unpaired) electrons. The Morgan fingerprint density at radius 1 is 1.21 bits per heavy atom. The molecule has 0 saturated carbocycles. The molecule has 1 amide bonds. The molecule has 4 heteroatoms. The summed E-state index contributed by atoms with van der Waals surface area (Å²) in [5.74, 6) is -0.138. The molecule has 0 aliphatic rings. The fourth-order valence-electron chi connectivity index (χ4n) is 1.75. The Morgan fingerprint density at radius 2 is 1.95 bits per heavy atom. The van der Waals surface area contributed by atoms with Crippen molar-refractivity contribution in [3.63, 3.8) is 0 Å². The summed E-state index contributed by atoms with van der Waals surface area (Å²) < 4.78 is 0.960. The first-order valence-electron chi connectivity index (χ1n) is 5.81. The maximum atomic E-state index is 12.3. The van der Waals surface area contributed by atoms with Gasteiger partial charge in [0.05, 0.1) is 16.3 Å². The van der Waals surface area contributed by atoms with Crippen molar-refractivity contribution >= 4 is 45.8 Å². The highest BCUT2D eigenvalue weighted by Gasteiger charge is 2.12. The lowest BCUT2D eigenvalue weighted by atomic mass is 10.1. The highest BCUT2D eigenvalue weighted by atomic mass is 127. The lowest BCUT2D eigenvalue weighted by Crippen LogP contribution is -2.14. The maximum absolute atomic E-state index is 12.3. The van der Waals surface area contributed by atoms with Crippen molar-refractivity contribution in [2.24, 2.45) is 0 Å². The molecule has 0 aromatic heterocycles. The van der Waals surface area contributed by atoms with Gasteiger partial charge in [-0.3, -0.25) is 4.79 Å². The van der Waals surface area contributed by atoms with E-state index in [-0.39, 0.29) is 5.91 Å². The van der Waals surface area contributed by atoms with Gasteiger partial charge in [0.1, 0.15) is 0 Å². The largest absolute Gasteiger partial charge is 0.321 e. The maximum Gasteiger partial charge on any atom is 0.256 e. The van der Waals surface area contributed by atoms with Crippen LogP contribution < -0.4 is 5.32 Å². The van der Waals surface area contributed by atoms with Crippen molar-refractivity contribution in [3.05, 3.63) is 61.7 Å². The Kier molecular flexibility index (Phi) is 4.47. The molecule has 0 atom stereocenters. The van der Waals surface area contributed by atoms with Crippen LogP contribution in [0.3, 0.4) is 0 Å². The Hall–Kier alpha value is -1.07. The monoisotopic (exact) mass is 385 g/mol. The van der Waals surface area contributed by atoms with Gasteiger partial charge < -0.3 is 5.32 Å². The molecule has 0 aliphatic heterocycles. The Morgan fingerprint density at radius 3 is 2.68 bits per heavy atom. The number of rotatable bonds is 2. The van der Waals surface area contributed by atoms with E-state index in [1.54, 1.807) is 6.07 Å². The zero-order valence-corrected chi connectivity index (χ0v) is 13.5. The van der Waals surface area contributed by atoms with Crippen LogP contribution in [-0.2, 0) is 0 Å². The van der Waals surface area contributed by atoms with Crippen LogP contribution in [0.2, 0.25) is 5.02 Å². The molecular formula is C15H13ClINO. The van der Waals surface area contributed by atoms with E-state index >= 15 is 0 Å². The van der Waals surface area contributed by atoms with Gasteiger partial charge >= 0.3 is 0 Å². The van der Waals surface area contributed by atoms with Crippen LogP contribution >= 0.6 is 34.2 Å². The van der Waals surface area contributed by atoms with Crippen LogP contribution in [0.4, 0.5) is 5.69 Å². The average molecular weight is 386 g/mol. The SMILES string of the molecule is Cc1ccc(Cl)c(NC(=O)c2cccc(C)c2I)c1. The van der Waals surface area contributed by atoms with Gasteiger partial charge in [-0.05, 0) is 65.8 Å². The van der Waals surface area contributed by atoms with Gasteiger partial charge in [-0.2, -0.15) is 0 Å². The van der Waals surface area contributed by atoms with Gasteiger partial charge in [0.25, 0.3) is 5.91 Å². The summed E-state index contributed by atoms with van der Waals surface area (Å²) >= 11 is 8.27. The van der Waals surface area contributed by atoms with Gasteiger partial charge in [0, 0.05) is 3.57 Å². The highest BCUT2D eigenvalue weighted by molar-refractivity contribution is 14.1. The van der Waals surface area contributed by atoms with Crippen LogP contribution in [0.25, 0.3) is 0 Å². The predicted octanol–water partition coefficient (Wildman–Crippen LogP) is 4.81. The molecule has 0 bridgehead atoms. The Labute approximate surface area is 131 Å². The zero-order chi connectivity index (χ0) is 14.0. The van der Waals surface area contributed by atoms with Crippen LogP contribution in [0.1, 0.15) is 21.5 Å². The van der Waals surface area contributed by atoms with Crippen molar-refractivity contribution < 1.29 is 4.79 Å². The summed E-state index contributed by atoms with van der Waals surface area (Å²) in [6.45, 7) is 3.95. The molecule has 2 rings (SSSR count). The van der Waals surface area contributed by atoms with Crippen LogP contribution in [-0.4, -0.2) is 5.91 Å². The van der Waals surface area contributed by atoms with E-state index in [2.05, 4.69) is 27.9 Å². The molecule has 2 aromatic carbocycles. The van der Waals surface area contributed by atoms with E-state index in [0.29, 0.717) is 16.3 Å². The molecule has 0 fully saturated rings. The van der Waals surface area contributed by atoms with E-state index in [0.717, 1.165) is 14.7 Å². The minimum atomic E-state index is -0.138. The standard InChI is InChI=1S/C15H13ClINO/c1-9-6-7-12(16)13(8-9)18-15(19)11-5-3-4-10(2)14(11)17/h3-8H,1-2H3,(H,18,19). The molecule has 19 heavy (non-hydrogen) atoms. The number of halogens is 2. The van der Waals surface area contributed by atoms with Gasteiger partial charge in [0.2, 0.25) is 0 Å². The predicted molar refractivity (Wildman–Crippen MR) is 88.0 cm³/mol. The molecule has 0 unspecified atom stereocenters. The van der Waals surface area contributed by atoms with Crippen LogP contribution in [0.5, 0.6) is 0 Å². The lowest BCUT2D eigenvalue weighted by molar-refractivity contribution is 0.102. The fraction of sp³-hybridized carbons (Fsp3) is 0.133. The minimum Gasteiger partial charge on any atom is -0.321 e. The van der Waals surface area contributed by atoms with Gasteiger partial charge in [-0.25, -0.2) is 0 Å². The van der Waals surface area contributed by atoms with Gasteiger partial charge in [0.15, 0.2) is 0 Å². The normalized spacial score (nSPS) is 10.3. The summed E-state index contributed by atoms with van der Waals surface area (Å²) in [4.78, 5) is 12.3. The summed E-state index contributed by atoms with van der Waals surface area (Å²) in [6, 6.07) is 11.2. The molecular weight excluding hydrogens is 373 g/mol. The van der Waals surface area contributed by atoms with E-state index in [9.17, 15) is 4.79 Å². The quantitative estimate of drug-likeness (QED) is 0.738. The lowest BCUT2D eigenvalue weighted by Gasteiger charge is -2.10. The molecule has 0 spiro atoms. The van der Waals surface area contributed by atoms with Gasteiger partial charge in [-0.15, -0.1) is 0 Å². The molecule has 0 aliphatic carbocycles. The fourth-order valence-corrected chi connectivity index (χ4v) is 2.52. The molecule has 1 N–H and O–H groups in total. The third-order valence-electron chi connectivity index (χ3n) is 2.81. The smallest absolute Gasteiger partial charge is 0.256 e. The van der Waals surface area contributed by atoms with Crippen LogP contribution in [0.15, 0.2) is 36.4 Å². The van der Waals surface area contributed by atoms with E-state index in [4.69, 9.17) is 11.6 Å². The molecule has 0 heterocycles. The number of nitrogens with one attached hydrogen (secondary N) is 1. The number of carbonyl (C=O) groups is 1. The number of aryl methyl sites for hydroxylation is 2.